The van der Waals surface area contributed by atoms with Crippen molar-refractivity contribution in [3.05, 3.63) is 0 Å². The third kappa shape index (κ3) is 2.19. The van der Waals surface area contributed by atoms with Crippen LogP contribution < -0.4 is 0 Å². The maximum absolute atomic E-state index is 12.2. The molecule has 0 spiro atoms. The van der Waals surface area contributed by atoms with Crippen molar-refractivity contribution in [2.24, 2.45) is 40.4 Å². The van der Waals surface area contributed by atoms with Gasteiger partial charge in [-0.3, -0.25) is 4.79 Å². The Bertz CT molecular complexity index is 531. The lowest BCUT2D eigenvalue weighted by Crippen LogP contribution is -2.58. The summed E-state index contributed by atoms with van der Waals surface area (Å²) in [5.41, 5.74) is 0.335. The van der Waals surface area contributed by atoms with Crippen LogP contribution in [0.4, 0.5) is 0 Å². The number of aliphatic hydroxyl groups excluding tert-OH is 2. The molecule has 0 aliphatic heterocycles. The summed E-state index contributed by atoms with van der Waals surface area (Å²) in [5.74, 6) is 2.71. The van der Waals surface area contributed by atoms with Gasteiger partial charge in [0.2, 0.25) is 0 Å². The second-order valence-electron chi connectivity index (χ2n) is 10.0. The first-order valence-electron chi connectivity index (χ1n) is 10.1. The van der Waals surface area contributed by atoms with Crippen molar-refractivity contribution in [3.8, 4) is 0 Å². The quantitative estimate of drug-likeness (QED) is 0.771. The molecule has 9 atom stereocenters. The van der Waals surface area contributed by atoms with Crippen LogP contribution in [0.3, 0.4) is 0 Å². The molecule has 0 bridgehead atoms. The number of rotatable bonds is 1. The number of ketones is 1. The summed E-state index contributed by atoms with van der Waals surface area (Å²) in [6.45, 7) is 6.53. The number of fused-ring (bicyclic) bond motifs is 5. The Morgan fingerprint density at radius 2 is 1.54 bits per heavy atom. The number of carbonyl (C=O) groups excluding carboxylic acids is 1. The number of hydrogen-bond donors (Lipinski definition) is 2. The minimum Gasteiger partial charge on any atom is -0.393 e. The lowest BCUT2D eigenvalue weighted by molar-refractivity contribution is -0.171. The molecule has 2 N–H and O–H groups in total. The van der Waals surface area contributed by atoms with Crippen LogP contribution in [0.5, 0.6) is 0 Å². The molecule has 24 heavy (non-hydrogen) atoms. The van der Waals surface area contributed by atoms with Crippen LogP contribution in [0.1, 0.15) is 72.1 Å². The first kappa shape index (κ1) is 17.0. The van der Waals surface area contributed by atoms with Gasteiger partial charge in [0.25, 0.3) is 0 Å². The molecule has 4 aliphatic rings. The summed E-state index contributed by atoms with van der Waals surface area (Å²) < 4.78 is 0. The molecule has 0 amide bonds. The minimum absolute atomic E-state index is 0.157. The Labute approximate surface area is 146 Å². The Hall–Kier alpha value is -0.410. The number of Topliss-reactive ketones (excluding diaryl/α,β-unsaturated/α-hetero) is 1. The molecule has 4 saturated carbocycles. The normalized spacial score (nSPS) is 57.0. The third-order valence-corrected chi connectivity index (χ3v) is 9.14. The molecule has 136 valence electrons. The van der Waals surface area contributed by atoms with E-state index in [-0.39, 0.29) is 34.9 Å². The predicted molar refractivity (Wildman–Crippen MR) is 93.3 cm³/mol. The van der Waals surface area contributed by atoms with Crippen molar-refractivity contribution < 1.29 is 15.0 Å². The minimum atomic E-state index is -0.273. The van der Waals surface area contributed by atoms with Gasteiger partial charge in [0.15, 0.2) is 0 Å². The van der Waals surface area contributed by atoms with Crippen LogP contribution in [0.25, 0.3) is 0 Å². The fraction of sp³-hybridized carbons (Fsp3) is 0.952. The van der Waals surface area contributed by atoms with Gasteiger partial charge in [-0.2, -0.15) is 0 Å². The monoisotopic (exact) mass is 334 g/mol. The van der Waals surface area contributed by atoms with E-state index in [0.29, 0.717) is 23.5 Å². The SMILES string of the molecule is CC(=O)[C@@H]1CC[C@@H]2[C@@H]3C[C@H](O)[C@H]4C[C@H](O)CC[C@]4(C)[C@@H]3CC[C@]21C. The maximum atomic E-state index is 12.2. The lowest BCUT2D eigenvalue weighted by atomic mass is 9.44. The largest absolute Gasteiger partial charge is 0.393 e. The summed E-state index contributed by atoms with van der Waals surface area (Å²) >= 11 is 0. The zero-order valence-corrected chi connectivity index (χ0v) is 15.5. The predicted octanol–water partition coefficient (Wildman–Crippen LogP) is 3.57. The van der Waals surface area contributed by atoms with E-state index in [1.807, 2.05) is 0 Å². The van der Waals surface area contributed by atoms with Crippen molar-refractivity contribution in [2.45, 2.75) is 84.3 Å². The Kier molecular flexibility index (Phi) is 3.93. The van der Waals surface area contributed by atoms with Crippen molar-refractivity contribution in [1.82, 2.24) is 0 Å². The maximum Gasteiger partial charge on any atom is 0.133 e. The lowest BCUT2D eigenvalue weighted by Gasteiger charge is -2.62. The van der Waals surface area contributed by atoms with Gasteiger partial charge in [0, 0.05) is 5.92 Å². The zero-order valence-electron chi connectivity index (χ0n) is 15.5. The molecule has 3 heteroatoms. The highest BCUT2D eigenvalue weighted by Crippen LogP contribution is 2.67. The number of hydrogen-bond acceptors (Lipinski definition) is 3. The molecular formula is C21H34O3. The van der Waals surface area contributed by atoms with E-state index in [0.717, 1.165) is 38.5 Å². The average Bonchev–Trinajstić information content (AvgIpc) is 2.87. The van der Waals surface area contributed by atoms with Crippen molar-refractivity contribution in [1.29, 1.82) is 0 Å². The highest BCUT2D eigenvalue weighted by molar-refractivity contribution is 5.79. The molecule has 0 heterocycles. The summed E-state index contributed by atoms with van der Waals surface area (Å²) in [7, 11) is 0. The Balaban J connectivity index is 1.65. The van der Waals surface area contributed by atoms with Crippen LogP contribution in [0.15, 0.2) is 0 Å². The van der Waals surface area contributed by atoms with E-state index < -0.39 is 0 Å². The smallest absolute Gasteiger partial charge is 0.133 e. The molecule has 4 aliphatic carbocycles. The topological polar surface area (TPSA) is 57.5 Å². The highest BCUT2D eigenvalue weighted by Gasteiger charge is 2.62. The van der Waals surface area contributed by atoms with Gasteiger partial charge >= 0.3 is 0 Å². The van der Waals surface area contributed by atoms with E-state index in [1.54, 1.807) is 6.92 Å². The van der Waals surface area contributed by atoms with Gasteiger partial charge in [-0.15, -0.1) is 0 Å². The van der Waals surface area contributed by atoms with E-state index >= 15 is 0 Å². The average molecular weight is 335 g/mol. The first-order valence-corrected chi connectivity index (χ1v) is 10.1. The molecule has 0 aromatic carbocycles. The number of aliphatic hydroxyl groups is 2. The molecule has 0 saturated heterocycles. The van der Waals surface area contributed by atoms with Crippen LogP contribution in [-0.2, 0) is 4.79 Å². The molecule has 4 rings (SSSR count). The molecule has 3 nitrogen and oxygen atoms in total. The van der Waals surface area contributed by atoms with Gasteiger partial charge in [0.05, 0.1) is 12.2 Å². The van der Waals surface area contributed by atoms with Crippen molar-refractivity contribution >= 4 is 5.78 Å². The molecular weight excluding hydrogens is 300 g/mol. The van der Waals surface area contributed by atoms with Crippen LogP contribution >= 0.6 is 0 Å². The van der Waals surface area contributed by atoms with Crippen LogP contribution in [0.2, 0.25) is 0 Å². The van der Waals surface area contributed by atoms with E-state index in [1.165, 1.54) is 12.8 Å². The Morgan fingerprint density at radius 1 is 0.875 bits per heavy atom. The third-order valence-electron chi connectivity index (χ3n) is 9.14. The van der Waals surface area contributed by atoms with E-state index in [9.17, 15) is 15.0 Å². The fourth-order valence-electron chi connectivity index (χ4n) is 7.95. The summed E-state index contributed by atoms with van der Waals surface area (Å²) in [6, 6.07) is 0. The summed E-state index contributed by atoms with van der Waals surface area (Å²) in [5, 5.41) is 21.0. The van der Waals surface area contributed by atoms with Gasteiger partial charge in [-0.1, -0.05) is 13.8 Å². The fourth-order valence-corrected chi connectivity index (χ4v) is 7.95. The van der Waals surface area contributed by atoms with Crippen molar-refractivity contribution in [2.75, 3.05) is 0 Å². The van der Waals surface area contributed by atoms with Gasteiger partial charge in [-0.05, 0) is 92.8 Å². The highest BCUT2D eigenvalue weighted by atomic mass is 16.3. The van der Waals surface area contributed by atoms with Crippen LogP contribution in [0, 0.1) is 40.4 Å². The van der Waals surface area contributed by atoms with Crippen molar-refractivity contribution in [3.63, 3.8) is 0 Å². The molecule has 0 aromatic heterocycles. The van der Waals surface area contributed by atoms with Crippen LogP contribution in [-0.4, -0.2) is 28.2 Å². The zero-order chi connectivity index (χ0) is 17.3. The first-order chi connectivity index (χ1) is 11.3. The summed E-state index contributed by atoms with van der Waals surface area (Å²) in [6.07, 6.45) is 7.70. The van der Waals surface area contributed by atoms with Gasteiger partial charge in [0.1, 0.15) is 5.78 Å². The standard InChI is InChI=1S/C21H34O3/c1-12(22)15-4-5-16-14-11-19(24)18-10-13(23)6-8-21(18,3)17(14)7-9-20(15,16)2/h13-19,23-24H,4-11H2,1-3H3/t13-,14+,15+,16-,17-,18-,19+,20+,21-/m1/s1. The second-order valence-corrected chi connectivity index (χ2v) is 10.0. The molecule has 0 unspecified atom stereocenters. The molecule has 0 radical (unpaired) electrons. The number of carbonyl (C=O) groups is 1. The molecule has 4 fully saturated rings. The van der Waals surface area contributed by atoms with Gasteiger partial charge < -0.3 is 10.2 Å². The second kappa shape index (κ2) is 5.54. The van der Waals surface area contributed by atoms with Gasteiger partial charge in [-0.25, -0.2) is 0 Å². The summed E-state index contributed by atoms with van der Waals surface area (Å²) in [4.78, 5) is 12.2. The van der Waals surface area contributed by atoms with E-state index in [4.69, 9.17) is 0 Å². The molecule has 0 aromatic rings. The Morgan fingerprint density at radius 3 is 2.25 bits per heavy atom. The van der Waals surface area contributed by atoms with E-state index in [2.05, 4.69) is 13.8 Å².